The Morgan fingerprint density at radius 2 is 1.60 bits per heavy atom. The van der Waals surface area contributed by atoms with Gasteiger partial charge in [-0.2, -0.15) is 4.31 Å². The topological polar surface area (TPSA) is 116 Å². The summed E-state index contributed by atoms with van der Waals surface area (Å²) in [6.07, 6.45) is 11.7. The van der Waals surface area contributed by atoms with Gasteiger partial charge in [-0.1, -0.05) is 80.1 Å². The first-order valence-electron chi connectivity index (χ1n) is 16.0. The minimum Gasteiger partial charge on any atom is -0.395 e. The van der Waals surface area contributed by atoms with Crippen molar-refractivity contribution in [2.24, 2.45) is 23.2 Å². The molecule has 0 aliphatic heterocycles. The van der Waals surface area contributed by atoms with E-state index >= 15 is 0 Å². The van der Waals surface area contributed by atoms with Crippen LogP contribution in [0.4, 0.5) is 0 Å². The zero-order valence-corrected chi connectivity index (χ0v) is 27.0. The van der Waals surface area contributed by atoms with Crippen LogP contribution >= 0.6 is 0 Å². The van der Waals surface area contributed by atoms with Crippen molar-refractivity contribution in [1.82, 2.24) is 14.9 Å². The van der Waals surface area contributed by atoms with E-state index in [2.05, 4.69) is 17.6 Å². The normalized spacial score (nSPS) is 22.7. The number of carbonyl (C=O) groups excluding carboxylic acids is 2. The number of sulfonamides is 1. The Morgan fingerprint density at radius 1 is 0.975 bits per heavy atom. The molecule has 0 heterocycles. The molecule has 0 radical (unpaired) electrons. The molecule has 3 N–H and O–H groups in total. The molecule has 0 bridgehead atoms. The molecule has 2 aliphatic carbocycles. The maximum atomic E-state index is 13.6. The predicted octanol–water partition coefficient (Wildman–Crippen LogP) is 5.00. The molecule has 0 spiro atoms. The number of nitrogens with one attached hydrogen (secondary N) is 2. The Hall–Kier alpha value is -1.19. The highest BCUT2D eigenvalue weighted by Crippen LogP contribution is 2.32. The highest BCUT2D eigenvalue weighted by molar-refractivity contribution is 7.89. The number of rotatable bonds is 15. The fraction of sp³-hybridized carbons (Fsp3) is 0.935. The molecule has 2 saturated carbocycles. The van der Waals surface area contributed by atoms with Gasteiger partial charge >= 0.3 is 0 Å². The van der Waals surface area contributed by atoms with Gasteiger partial charge in [0.05, 0.1) is 11.9 Å². The third-order valence-electron chi connectivity index (χ3n) is 8.73. The number of carbonyl (C=O) groups is 2. The Balaban J connectivity index is 1.93. The van der Waals surface area contributed by atoms with Crippen molar-refractivity contribution >= 4 is 21.8 Å². The van der Waals surface area contributed by atoms with E-state index in [1.165, 1.54) is 19.3 Å². The summed E-state index contributed by atoms with van der Waals surface area (Å²) in [6.45, 7) is 12.4. The number of amides is 2. The quantitative estimate of drug-likeness (QED) is 0.234. The average Bonchev–Trinajstić information content (AvgIpc) is 2.89. The summed E-state index contributed by atoms with van der Waals surface area (Å²) < 4.78 is 28.8. The molecule has 0 aromatic heterocycles. The summed E-state index contributed by atoms with van der Waals surface area (Å²) in [7, 11) is -3.50. The third-order valence-corrected chi connectivity index (χ3v) is 11.1. The summed E-state index contributed by atoms with van der Waals surface area (Å²) >= 11 is 0. The maximum Gasteiger partial charge on any atom is 0.242 e. The molecule has 2 fully saturated rings. The van der Waals surface area contributed by atoms with Crippen molar-refractivity contribution in [3.8, 4) is 0 Å². The average molecular weight is 586 g/mol. The Kier molecular flexibility index (Phi) is 14.4. The molecule has 40 heavy (non-hydrogen) atoms. The molecule has 2 atom stereocenters. The molecule has 8 nitrogen and oxygen atoms in total. The molecular weight excluding hydrogens is 526 g/mol. The van der Waals surface area contributed by atoms with Crippen molar-refractivity contribution in [1.29, 1.82) is 0 Å². The van der Waals surface area contributed by atoms with E-state index in [4.69, 9.17) is 0 Å². The summed E-state index contributed by atoms with van der Waals surface area (Å²) in [6, 6.07) is -0.988. The Bertz CT molecular complexity index is 872. The first kappa shape index (κ1) is 35.0. The predicted molar refractivity (Wildman–Crippen MR) is 162 cm³/mol. The Morgan fingerprint density at radius 3 is 2.15 bits per heavy atom. The van der Waals surface area contributed by atoms with E-state index in [1.807, 2.05) is 34.6 Å². The van der Waals surface area contributed by atoms with Gasteiger partial charge in [-0.25, -0.2) is 8.42 Å². The standard InChI is InChI=1S/C31H59N3O5S/c1-23(2)21-34(40(38,39)27-17-15-24(3)16-18-27)26(22-35)14-10-11-19-32-29(36)28(33-30(37)31(4,5)6)20-25-12-8-7-9-13-25/h23-28,35H,7-22H2,1-6H3,(H,32,36)(H,33,37)/t24?,26-,27?,28-/m0/s1. The van der Waals surface area contributed by atoms with Crippen molar-refractivity contribution in [3.05, 3.63) is 0 Å². The summed E-state index contributed by atoms with van der Waals surface area (Å²) in [5, 5.41) is 15.9. The van der Waals surface area contributed by atoms with Crippen molar-refractivity contribution in [2.75, 3.05) is 19.7 Å². The van der Waals surface area contributed by atoms with Gasteiger partial charge < -0.3 is 15.7 Å². The van der Waals surface area contributed by atoms with E-state index in [-0.39, 0.29) is 29.6 Å². The van der Waals surface area contributed by atoms with Gasteiger partial charge in [0.25, 0.3) is 0 Å². The highest BCUT2D eigenvalue weighted by atomic mass is 32.2. The maximum absolute atomic E-state index is 13.6. The van der Waals surface area contributed by atoms with E-state index in [0.29, 0.717) is 63.5 Å². The monoisotopic (exact) mass is 585 g/mol. The number of unbranched alkanes of at least 4 members (excludes halogenated alkanes) is 1. The van der Waals surface area contributed by atoms with Gasteiger partial charge in [0, 0.05) is 24.5 Å². The van der Waals surface area contributed by atoms with Crippen molar-refractivity contribution < 1.29 is 23.1 Å². The summed E-state index contributed by atoms with van der Waals surface area (Å²) in [4.78, 5) is 25.8. The molecule has 2 aliphatic rings. The van der Waals surface area contributed by atoms with Gasteiger partial charge in [0.1, 0.15) is 6.04 Å². The fourth-order valence-electron chi connectivity index (χ4n) is 6.07. The number of aliphatic hydroxyl groups is 1. The first-order valence-corrected chi connectivity index (χ1v) is 17.5. The molecule has 0 aromatic carbocycles. The second-order valence-electron chi connectivity index (χ2n) is 14.0. The van der Waals surface area contributed by atoms with Crippen LogP contribution in [-0.2, 0) is 19.6 Å². The second-order valence-corrected chi connectivity index (χ2v) is 16.2. The fourth-order valence-corrected chi connectivity index (χ4v) is 8.41. The van der Waals surface area contributed by atoms with Crippen molar-refractivity contribution in [3.63, 3.8) is 0 Å². The van der Waals surface area contributed by atoms with E-state index < -0.39 is 27.5 Å². The third kappa shape index (κ3) is 11.2. The lowest BCUT2D eigenvalue weighted by Gasteiger charge is -2.36. The molecule has 0 saturated heterocycles. The Labute approximate surface area is 244 Å². The van der Waals surface area contributed by atoms with Crippen LogP contribution in [0.15, 0.2) is 0 Å². The van der Waals surface area contributed by atoms with Crippen LogP contribution in [0.25, 0.3) is 0 Å². The molecule has 0 aromatic rings. The van der Waals surface area contributed by atoms with Crippen LogP contribution in [0.3, 0.4) is 0 Å². The minimum absolute atomic E-state index is 0.117. The minimum atomic E-state index is -3.50. The SMILES string of the molecule is CC(C)CN([C@H](CO)CCCCNC(=O)[C@H](CC1CCCCC1)NC(=O)C(C)(C)C)S(=O)(=O)C1CCC(C)CC1. The molecule has 0 unspecified atom stereocenters. The summed E-state index contributed by atoms with van der Waals surface area (Å²) in [5.41, 5.74) is -0.567. The van der Waals surface area contributed by atoms with Crippen LogP contribution in [0.2, 0.25) is 0 Å². The van der Waals surface area contributed by atoms with Gasteiger partial charge in [-0.05, 0) is 62.7 Å². The first-order chi connectivity index (χ1) is 18.8. The lowest BCUT2D eigenvalue weighted by atomic mass is 9.84. The van der Waals surface area contributed by atoms with Gasteiger partial charge in [-0.15, -0.1) is 0 Å². The number of aliphatic hydroxyl groups excluding tert-OH is 1. The van der Waals surface area contributed by atoms with E-state index in [0.717, 1.165) is 25.7 Å². The second kappa shape index (κ2) is 16.4. The van der Waals surface area contributed by atoms with Crippen LogP contribution in [0.5, 0.6) is 0 Å². The van der Waals surface area contributed by atoms with Gasteiger partial charge in [0.15, 0.2) is 0 Å². The van der Waals surface area contributed by atoms with Gasteiger partial charge in [-0.3, -0.25) is 9.59 Å². The van der Waals surface area contributed by atoms with Crippen LogP contribution < -0.4 is 10.6 Å². The van der Waals surface area contributed by atoms with E-state index in [9.17, 15) is 23.1 Å². The highest BCUT2D eigenvalue weighted by Gasteiger charge is 2.38. The molecule has 2 rings (SSSR count). The molecule has 9 heteroatoms. The van der Waals surface area contributed by atoms with Crippen LogP contribution in [-0.4, -0.2) is 66.7 Å². The lowest BCUT2D eigenvalue weighted by Crippen LogP contribution is -2.51. The molecular formula is C31H59N3O5S. The van der Waals surface area contributed by atoms with Crippen molar-refractivity contribution in [2.45, 2.75) is 142 Å². The van der Waals surface area contributed by atoms with Crippen LogP contribution in [0.1, 0.15) is 125 Å². The zero-order chi connectivity index (χ0) is 29.9. The largest absolute Gasteiger partial charge is 0.395 e. The molecule has 2 amide bonds. The number of hydrogen-bond acceptors (Lipinski definition) is 5. The van der Waals surface area contributed by atoms with Gasteiger partial charge in [0.2, 0.25) is 21.8 Å². The zero-order valence-electron chi connectivity index (χ0n) is 26.2. The summed E-state index contributed by atoms with van der Waals surface area (Å²) in [5.74, 6) is 0.926. The van der Waals surface area contributed by atoms with E-state index in [1.54, 1.807) is 4.31 Å². The smallest absolute Gasteiger partial charge is 0.242 e. The van der Waals surface area contributed by atoms with Crippen LogP contribution in [0, 0.1) is 23.2 Å². The molecule has 234 valence electrons. The number of nitrogens with zero attached hydrogens (tertiary/aromatic N) is 1. The lowest BCUT2D eigenvalue weighted by molar-refractivity contribution is -0.133. The number of hydrogen-bond donors (Lipinski definition) is 3.